The van der Waals surface area contributed by atoms with Gasteiger partial charge in [-0.15, -0.1) is 0 Å². The quantitative estimate of drug-likeness (QED) is 0.242. The number of carbonyl (C=O) groups excluding carboxylic acids is 2. The van der Waals surface area contributed by atoms with Crippen LogP contribution in [0.1, 0.15) is 19.3 Å². The van der Waals surface area contributed by atoms with Crippen molar-refractivity contribution in [1.29, 1.82) is 0 Å². The second-order valence-electron chi connectivity index (χ2n) is 4.50. The highest BCUT2D eigenvalue weighted by Gasteiger charge is 2.34. The van der Waals surface area contributed by atoms with Gasteiger partial charge in [-0.25, -0.2) is 14.4 Å². The van der Waals surface area contributed by atoms with Crippen LogP contribution in [0.5, 0.6) is 0 Å². The molecule has 25 heavy (non-hydrogen) atoms. The van der Waals surface area contributed by atoms with Crippen LogP contribution < -0.4 is 0 Å². The van der Waals surface area contributed by atoms with Crippen LogP contribution in [-0.2, 0) is 38.2 Å². The van der Waals surface area contributed by atoms with Gasteiger partial charge in [-0.05, 0) is 0 Å². The summed E-state index contributed by atoms with van der Waals surface area (Å²) in [7, 11) is 0. The standard InChI is InChI=1S/C12H14O13/c13-4(1-7(14)15)11(22)25-6(3-9(18)19)12(23)24-5(10(20)21)2-8(16)17/h4-6,13H,1-3H2,(H,14,15)(H,16,17)(H,18,19)(H,20,21)/t4-,5-,6-/m0/s1. The zero-order valence-corrected chi connectivity index (χ0v) is 12.4. The number of carboxylic acids is 4. The molecule has 13 nitrogen and oxygen atoms in total. The molecule has 0 aromatic carbocycles. The van der Waals surface area contributed by atoms with Crippen molar-refractivity contribution in [2.45, 2.75) is 37.6 Å². The smallest absolute Gasteiger partial charge is 0.348 e. The Morgan fingerprint density at radius 2 is 1.04 bits per heavy atom. The predicted molar refractivity (Wildman–Crippen MR) is 70.2 cm³/mol. The van der Waals surface area contributed by atoms with Crippen molar-refractivity contribution in [3.8, 4) is 0 Å². The molecule has 5 N–H and O–H groups in total. The van der Waals surface area contributed by atoms with E-state index in [0.29, 0.717) is 0 Å². The Balaban J connectivity index is 5.11. The lowest BCUT2D eigenvalue weighted by Gasteiger charge is -2.19. The van der Waals surface area contributed by atoms with Crippen LogP contribution in [0.4, 0.5) is 0 Å². The van der Waals surface area contributed by atoms with E-state index in [1.54, 1.807) is 0 Å². The summed E-state index contributed by atoms with van der Waals surface area (Å²) in [6.07, 6.45) is -10.0. The number of aliphatic carboxylic acids is 4. The van der Waals surface area contributed by atoms with E-state index in [4.69, 9.17) is 20.4 Å². The second-order valence-corrected chi connectivity index (χ2v) is 4.50. The molecule has 0 aromatic heterocycles. The van der Waals surface area contributed by atoms with Crippen molar-refractivity contribution in [1.82, 2.24) is 0 Å². The number of carboxylic acid groups (broad SMARTS) is 4. The summed E-state index contributed by atoms with van der Waals surface area (Å²) >= 11 is 0. The first-order chi connectivity index (χ1) is 11.4. The van der Waals surface area contributed by atoms with Crippen LogP contribution in [0.25, 0.3) is 0 Å². The molecule has 0 unspecified atom stereocenters. The lowest BCUT2D eigenvalue weighted by molar-refractivity contribution is -0.183. The van der Waals surface area contributed by atoms with Crippen molar-refractivity contribution < 1.29 is 63.8 Å². The number of ether oxygens (including phenoxy) is 2. The highest BCUT2D eigenvalue weighted by molar-refractivity contribution is 5.88. The minimum atomic E-state index is -2.22. The van der Waals surface area contributed by atoms with Crippen LogP contribution >= 0.6 is 0 Å². The van der Waals surface area contributed by atoms with Gasteiger partial charge in [0.05, 0.1) is 19.3 Å². The maximum atomic E-state index is 11.7. The average Bonchev–Trinajstić information content (AvgIpc) is 2.43. The van der Waals surface area contributed by atoms with E-state index >= 15 is 0 Å². The van der Waals surface area contributed by atoms with Gasteiger partial charge in [0.1, 0.15) is 0 Å². The van der Waals surface area contributed by atoms with Crippen molar-refractivity contribution in [2.75, 3.05) is 0 Å². The fraction of sp³-hybridized carbons (Fsp3) is 0.500. The molecule has 0 spiro atoms. The molecule has 0 bridgehead atoms. The zero-order chi connectivity index (χ0) is 19.7. The monoisotopic (exact) mass is 366 g/mol. The summed E-state index contributed by atoms with van der Waals surface area (Å²) in [5.74, 6) is -10.1. The number of hydrogen-bond acceptors (Lipinski definition) is 9. The topological polar surface area (TPSA) is 222 Å². The van der Waals surface area contributed by atoms with Gasteiger partial charge in [-0.1, -0.05) is 0 Å². The second kappa shape index (κ2) is 9.82. The SMILES string of the molecule is O=C(O)C[C@H](OC(=O)[C@H](CC(=O)O)OC(=O)[C@@H](O)CC(=O)O)C(=O)O. The molecule has 0 saturated heterocycles. The third-order valence-electron chi connectivity index (χ3n) is 2.42. The summed E-state index contributed by atoms with van der Waals surface area (Å²) in [5, 5.41) is 43.5. The Hall–Kier alpha value is -3.22. The molecule has 0 amide bonds. The Kier molecular flexibility index (Phi) is 8.55. The molecule has 0 fully saturated rings. The minimum Gasteiger partial charge on any atom is -0.481 e. The summed E-state index contributed by atoms with van der Waals surface area (Å²) in [4.78, 5) is 65.5. The van der Waals surface area contributed by atoms with E-state index < -0.39 is 73.4 Å². The molecule has 0 aliphatic heterocycles. The van der Waals surface area contributed by atoms with Gasteiger partial charge in [0.15, 0.2) is 6.10 Å². The Morgan fingerprint density at radius 3 is 1.44 bits per heavy atom. The van der Waals surface area contributed by atoms with Crippen molar-refractivity contribution in [3.63, 3.8) is 0 Å². The third-order valence-corrected chi connectivity index (χ3v) is 2.42. The first-order valence-corrected chi connectivity index (χ1v) is 6.41. The van der Waals surface area contributed by atoms with E-state index in [2.05, 4.69) is 9.47 Å². The van der Waals surface area contributed by atoms with Crippen molar-refractivity contribution >= 4 is 35.8 Å². The maximum Gasteiger partial charge on any atom is 0.348 e. The fourth-order valence-electron chi connectivity index (χ4n) is 1.35. The molecule has 140 valence electrons. The Labute approximate surface area is 138 Å². The number of esters is 2. The average molecular weight is 366 g/mol. The van der Waals surface area contributed by atoms with Crippen LogP contribution in [-0.4, -0.2) is 79.7 Å². The molecule has 13 heteroatoms. The van der Waals surface area contributed by atoms with Crippen LogP contribution in [0.2, 0.25) is 0 Å². The molecule has 0 heterocycles. The van der Waals surface area contributed by atoms with Crippen molar-refractivity contribution in [3.05, 3.63) is 0 Å². The number of carbonyl (C=O) groups is 6. The van der Waals surface area contributed by atoms with E-state index in [9.17, 15) is 33.9 Å². The Morgan fingerprint density at radius 1 is 0.640 bits per heavy atom. The number of rotatable bonds is 11. The lowest BCUT2D eigenvalue weighted by Crippen LogP contribution is -2.39. The lowest BCUT2D eigenvalue weighted by atomic mass is 10.2. The van der Waals surface area contributed by atoms with Gasteiger partial charge in [0, 0.05) is 0 Å². The van der Waals surface area contributed by atoms with Gasteiger partial charge in [0.2, 0.25) is 12.2 Å². The zero-order valence-electron chi connectivity index (χ0n) is 12.4. The molecule has 0 aliphatic rings. The molecule has 0 aliphatic carbocycles. The normalized spacial score (nSPS) is 13.8. The molecule has 0 aromatic rings. The van der Waals surface area contributed by atoms with Gasteiger partial charge in [-0.2, -0.15) is 0 Å². The summed E-state index contributed by atoms with van der Waals surface area (Å²) in [6, 6.07) is 0. The molecular formula is C12H14O13. The number of hydrogen-bond donors (Lipinski definition) is 5. The van der Waals surface area contributed by atoms with Crippen LogP contribution in [0.3, 0.4) is 0 Å². The van der Waals surface area contributed by atoms with Gasteiger partial charge >= 0.3 is 35.8 Å². The number of aliphatic hydroxyl groups excluding tert-OH is 1. The largest absolute Gasteiger partial charge is 0.481 e. The molecule has 3 atom stereocenters. The first kappa shape index (κ1) is 21.8. The first-order valence-electron chi connectivity index (χ1n) is 6.41. The molecule has 0 rings (SSSR count). The van der Waals surface area contributed by atoms with Crippen molar-refractivity contribution in [2.24, 2.45) is 0 Å². The van der Waals surface area contributed by atoms with E-state index in [-0.39, 0.29) is 0 Å². The number of aliphatic hydroxyl groups is 1. The van der Waals surface area contributed by atoms with E-state index in [1.165, 1.54) is 0 Å². The highest BCUT2D eigenvalue weighted by Crippen LogP contribution is 2.10. The third kappa shape index (κ3) is 8.85. The molecule has 0 radical (unpaired) electrons. The summed E-state index contributed by atoms with van der Waals surface area (Å²) in [6.45, 7) is 0. The maximum absolute atomic E-state index is 11.7. The van der Waals surface area contributed by atoms with Gasteiger partial charge in [-0.3, -0.25) is 14.4 Å². The Bertz CT molecular complexity index is 565. The summed E-state index contributed by atoms with van der Waals surface area (Å²) in [5.41, 5.74) is 0. The summed E-state index contributed by atoms with van der Waals surface area (Å²) < 4.78 is 8.61. The minimum absolute atomic E-state index is 1.09. The van der Waals surface area contributed by atoms with Gasteiger partial charge in [0.25, 0.3) is 0 Å². The van der Waals surface area contributed by atoms with E-state index in [1.807, 2.05) is 0 Å². The van der Waals surface area contributed by atoms with Crippen LogP contribution in [0, 0.1) is 0 Å². The van der Waals surface area contributed by atoms with Crippen LogP contribution in [0.15, 0.2) is 0 Å². The van der Waals surface area contributed by atoms with E-state index in [0.717, 1.165) is 0 Å². The van der Waals surface area contributed by atoms with Gasteiger partial charge < -0.3 is 35.0 Å². The molecular weight excluding hydrogens is 352 g/mol. The fourth-order valence-corrected chi connectivity index (χ4v) is 1.35. The molecule has 0 saturated carbocycles. The predicted octanol–water partition coefficient (Wildman–Crippen LogP) is -2.32. The highest BCUT2D eigenvalue weighted by atomic mass is 16.6.